The van der Waals surface area contributed by atoms with Crippen molar-refractivity contribution in [3.63, 3.8) is 0 Å². The summed E-state index contributed by atoms with van der Waals surface area (Å²) in [5.41, 5.74) is 0.520. The molecule has 0 aliphatic heterocycles. The number of halogens is 1. The topological polar surface area (TPSA) is 44.8 Å². The van der Waals surface area contributed by atoms with Crippen LogP contribution in [0, 0.1) is 15.4 Å². The Bertz CT molecular complexity index is 487. The van der Waals surface area contributed by atoms with Gasteiger partial charge in [-0.25, -0.2) is 4.79 Å². The van der Waals surface area contributed by atoms with Gasteiger partial charge in [-0.1, -0.05) is 6.92 Å². The van der Waals surface area contributed by atoms with Gasteiger partial charge in [0.1, 0.15) is 0 Å². The number of hydrogen-bond donors (Lipinski definition) is 0. The molecular weight excluding hydrogens is 359 g/mol. The molecule has 0 amide bonds. The smallest absolute Gasteiger partial charge is 0.339 e. The Kier molecular flexibility index (Phi) is 4.54. The van der Waals surface area contributed by atoms with Crippen molar-refractivity contribution in [1.29, 1.82) is 0 Å². The van der Waals surface area contributed by atoms with Crippen molar-refractivity contribution in [3.8, 4) is 11.5 Å². The predicted octanol–water partition coefficient (Wildman–Crippen LogP) is 3.12. The standard InChI is InChI=1S/C14H17IO4/c1-8-4-9(8)7-19-14(16)10-5-12(17-2)13(18-3)6-11(10)15/h5-6,8-9H,4,7H2,1-3H3. The molecule has 0 radical (unpaired) electrons. The Balaban J connectivity index is 2.11. The monoisotopic (exact) mass is 376 g/mol. The van der Waals surface area contributed by atoms with Crippen LogP contribution in [-0.2, 0) is 4.74 Å². The van der Waals surface area contributed by atoms with E-state index < -0.39 is 0 Å². The van der Waals surface area contributed by atoms with Crippen molar-refractivity contribution in [2.45, 2.75) is 13.3 Å². The normalized spacial score (nSPS) is 20.8. The second-order valence-electron chi connectivity index (χ2n) is 4.76. The molecule has 0 spiro atoms. The van der Waals surface area contributed by atoms with E-state index in [4.69, 9.17) is 14.2 Å². The summed E-state index contributed by atoms with van der Waals surface area (Å²) in [6.07, 6.45) is 1.15. The van der Waals surface area contributed by atoms with E-state index in [0.717, 1.165) is 9.99 Å². The zero-order valence-electron chi connectivity index (χ0n) is 11.2. The minimum Gasteiger partial charge on any atom is -0.493 e. The first-order valence-electron chi connectivity index (χ1n) is 6.15. The fourth-order valence-electron chi connectivity index (χ4n) is 1.90. The quantitative estimate of drug-likeness (QED) is 0.585. The molecule has 1 saturated carbocycles. The first-order valence-corrected chi connectivity index (χ1v) is 7.23. The van der Waals surface area contributed by atoms with E-state index in [0.29, 0.717) is 35.5 Å². The number of esters is 1. The molecule has 0 N–H and O–H groups in total. The molecule has 1 fully saturated rings. The van der Waals surface area contributed by atoms with Crippen LogP contribution in [0.3, 0.4) is 0 Å². The highest BCUT2D eigenvalue weighted by Gasteiger charge is 2.33. The Morgan fingerprint density at radius 2 is 1.89 bits per heavy atom. The van der Waals surface area contributed by atoms with Crippen LogP contribution in [0.4, 0.5) is 0 Å². The van der Waals surface area contributed by atoms with Crippen LogP contribution in [0.5, 0.6) is 11.5 Å². The van der Waals surface area contributed by atoms with Crippen molar-refractivity contribution in [3.05, 3.63) is 21.3 Å². The summed E-state index contributed by atoms with van der Waals surface area (Å²) in [6, 6.07) is 3.44. The summed E-state index contributed by atoms with van der Waals surface area (Å²) in [5, 5.41) is 0. The summed E-state index contributed by atoms with van der Waals surface area (Å²) in [5.74, 6) is 2.05. The molecule has 2 rings (SSSR count). The van der Waals surface area contributed by atoms with E-state index in [1.165, 1.54) is 0 Å². The lowest BCUT2D eigenvalue weighted by atomic mass is 10.2. The molecule has 2 unspecified atom stereocenters. The van der Waals surface area contributed by atoms with Gasteiger partial charge in [-0.05, 0) is 53.0 Å². The van der Waals surface area contributed by atoms with Crippen molar-refractivity contribution in [1.82, 2.24) is 0 Å². The molecule has 104 valence electrons. The van der Waals surface area contributed by atoms with E-state index in [1.807, 2.05) is 0 Å². The van der Waals surface area contributed by atoms with E-state index in [1.54, 1.807) is 26.4 Å². The van der Waals surface area contributed by atoms with Gasteiger partial charge in [-0.2, -0.15) is 0 Å². The second kappa shape index (κ2) is 5.98. The maximum Gasteiger partial charge on any atom is 0.339 e. The van der Waals surface area contributed by atoms with Crippen LogP contribution in [0.1, 0.15) is 23.7 Å². The predicted molar refractivity (Wildman–Crippen MR) is 79.8 cm³/mol. The van der Waals surface area contributed by atoms with Crippen LogP contribution < -0.4 is 9.47 Å². The molecule has 0 bridgehead atoms. The van der Waals surface area contributed by atoms with Crippen molar-refractivity contribution < 1.29 is 19.0 Å². The van der Waals surface area contributed by atoms with Crippen LogP contribution in [-0.4, -0.2) is 26.8 Å². The van der Waals surface area contributed by atoms with Crippen molar-refractivity contribution in [2.24, 2.45) is 11.8 Å². The first-order chi connectivity index (χ1) is 9.06. The van der Waals surface area contributed by atoms with E-state index in [9.17, 15) is 4.79 Å². The molecule has 0 aromatic heterocycles. The number of carbonyl (C=O) groups is 1. The summed E-state index contributed by atoms with van der Waals surface area (Å²) in [7, 11) is 3.12. The molecule has 4 nitrogen and oxygen atoms in total. The minimum atomic E-state index is -0.301. The molecule has 1 aromatic rings. The molecule has 1 aromatic carbocycles. The van der Waals surface area contributed by atoms with Gasteiger partial charge in [0.2, 0.25) is 0 Å². The maximum absolute atomic E-state index is 12.0. The number of carbonyl (C=O) groups excluding carboxylic acids is 1. The Morgan fingerprint density at radius 1 is 1.32 bits per heavy atom. The molecule has 1 aliphatic rings. The SMILES string of the molecule is COc1cc(I)c(C(=O)OCC2CC2C)cc1OC. The zero-order valence-corrected chi connectivity index (χ0v) is 13.4. The fourth-order valence-corrected chi connectivity index (χ4v) is 2.56. The van der Waals surface area contributed by atoms with Gasteiger partial charge in [0, 0.05) is 3.57 Å². The Morgan fingerprint density at radius 3 is 2.42 bits per heavy atom. The number of methoxy groups -OCH3 is 2. The molecule has 5 heteroatoms. The lowest BCUT2D eigenvalue weighted by Gasteiger charge is -2.11. The van der Waals surface area contributed by atoms with E-state index in [2.05, 4.69) is 29.5 Å². The van der Waals surface area contributed by atoms with Gasteiger partial charge in [-0.3, -0.25) is 0 Å². The van der Waals surface area contributed by atoms with Gasteiger partial charge in [0.25, 0.3) is 0 Å². The van der Waals surface area contributed by atoms with E-state index >= 15 is 0 Å². The van der Waals surface area contributed by atoms with Crippen LogP contribution in [0.25, 0.3) is 0 Å². The molecule has 0 heterocycles. The Hall–Kier alpha value is -0.980. The molecule has 1 aliphatic carbocycles. The summed E-state index contributed by atoms with van der Waals surface area (Å²) < 4.78 is 16.5. The summed E-state index contributed by atoms with van der Waals surface area (Å²) in [4.78, 5) is 12.0. The van der Waals surface area contributed by atoms with Gasteiger partial charge < -0.3 is 14.2 Å². The summed E-state index contributed by atoms with van der Waals surface area (Å²) >= 11 is 2.10. The van der Waals surface area contributed by atoms with Gasteiger partial charge in [0.05, 0.1) is 26.4 Å². The molecule has 19 heavy (non-hydrogen) atoms. The largest absolute Gasteiger partial charge is 0.493 e. The maximum atomic E-state index is 12.0. The highest BCUT2D eigenvalue weighted by Crippen LogP contribution is 2.38. The lowest BCUT2D eigenvalue weighted by molar-refractivity contribution is 0.0479. The van der Waals surface area contributed by atoms with Crippen molar-refractivity contribution >= 4 is 28.6 Å². The number of benzene rings is 1. The van der Waals surface area contributed by atoms with Crippen LogP contribution in [0.2, 0.25) is 0 Å². The second-order valence-corrected chi connectivity index (χ2v) is 5.92. The first kappa shape index (κ1) is 14.4. The van der Waals surface area contributed by atoms with Crippen LogP contribution >= 0.6 is 22.6 Å². The highest BCUT2D eigenvalue weighted by molar-refractivity contribution is 14.1. The van der Waals surface area contributed by atoms with E-state index in [-0.39, 0.29) is 5.97 Å². The highest BCUT2D eigenvalue weighted by atomic mass is 127. The fraction of sp³-hybridized carbons (Fsp3) is 0.500. The molecule has 2 atom stereocenters. The molecular formula is C14H17IO4. The van der Waals surface area contributed by atoms with Crippen molar-refractivity contribution in [2.75, 3.05) is 20.8 Å². The average molecular weight is 376 g/mol. The third-order valence-electron chi connectivity index (χ3n) is 3.40. The van der Waals surface area contributed by atoms with Gasteiger partial charge in [-0.15, -0.1) is 0 Å². The third-order valence-corrected chi connectivity index (χ3v) is 4.29. The molecule has 0 saturated heterocycles. The lowest BCUT2D eigenvalue weighted by Crippen LogP contribution is -2.10. The number of rotatable bonds is 5. The average Bonchev–Trinajstić information content (AvgIpc) is 3.11. The summed E-state index contributed by atoms with van der Waals surface area (Å²) in [6.45, 7) is 2.67. The number of hydrogen-bond acceptors (Lipinski definition) is 4. The third kappa shape index (κ3) is 3.32. The number of ether oxygens (including phenoxy) is 3. The zero-order chi connectivity index (χ0) is 14.0. The minimum absolute atomic E-state index is 0.301. The van der Waals surface area contributed by atoms with Gasteiger partial charge in [0.15, 0.2) is 11.5 Å². The van der Waals surface area contributed by atoms with Gasteiger partial charge >= 0.3 is 5.97 Å². The van der Waals surface area contributed by atoms with Crippen LogP contribution in [0.15, 0.2) is 12.1 Å². The Labute approximate surface area is 126 Å².